The third-order valence-corrected chi connectivity index (χ3v) is 3.91. The van der Waals surface area contributed by atoms with Crippen LogP contribution in [0.25, 0.3) is 0 Å². The van der Waals surface area contributed by atoms with Crippen molar-refractivity contribution in [1.29, 1.82) is 5.26 Å². The normalized spacial score (nSPS) is 20.9. The molecule has 0 aromatic heterocycles. The highest BCUT2D eigenvalue weighted by atomic mass is 16.5. The number of nitriles is 1. The maximum absolute atomic E-state index is 12.0. The predicted octanol–water partition coefficient (Wildman–Crippen LogP) is 1.80. The summed E-state index contributed by atoms with van der Waals surface area (Å²) in [6, 6.07) is 9.14. The third-order valence-electron chi connectivity index (χ3n) is 3.91. The Bertz CT molecular complexity index is 539. The molecule has 0 spiro atoms. The maximum atomic E-state index is 12.0. The van der Waals surface area contributed by atoms with Crippen LogP contribution in [0.5, 0.6) is 5.75 Å². The zero-order chi connectivity index (χ0) is 15.8. The van der Waals surface area contributed by atoms with Crippen molar-refractivity contribution in [3.05, 3.63) is 29.8 Å². The number of benzene rings is 1. The Labute approximate surface area is 130 Å². The molecule has 1 fully saturated rings. The van der Waals surface area contributed by atoms with Crippen LogP contribution in [0, 0.1) is 17.2 Å². The van der Waals surface area contributed by atoms with Crippen molar-refractivity contribution in [3.63, 3.8) is 0 Å². The van der Waals surface area contributed by atoms with Crippen LogP contribution in [0.15, 0.2) is 24.3 Å². The number of aliphatic hydroxyl groups is 1. The summed E-state index contributed by atoms with van der Waals surface area (Å²) in [5, 5.41) is 21.1. The molecule has 0 heterocycles. The zero-order valence-corrected chi connectivity index (χ0v) is 12.6. The number of amides is 1. The molecular weight excluding hydrogens is 280 g/mol. The lowest BCUT2D eigenvalue weighted by atomic mass is 9.87. The monoisotopic (exact) mass is 302 g/mol. The Balaban J connectivity index is 1.78. The summed E-state index contributed by atoms with van der Waals surface area (Å²) in [6.45, 7) is 0.625. The van der Waals surface area contributed by atoms with Gasteiger partial charge < -0.3 is 15.2 Å². The summed E-state index contributed by atoms with van der Waals surface area (Å²) < 4.78 is 5.22. The van der Waals surface area contributed by atoms with Gasteiger partial charge >= 0.3 is 0 Å². The average molecular weight is 302 g/mol. The van der Waals surface area contributed by atoms with Gasteiger partial charge in [0.05, 0.1) is 12.5 Å². The van der Waals surface area contributed by atoms with Gasteiger partial charge in [0.25, 0.3) is 0 Å². The van der Waals surface area contributed by atoms with Crippen molar-refractivity contribution in [2.75, 3.05) is 13.2 Å². The number of nitrogens with one attached hydrogen (secondary N) is 1. The molecule has 5 heteroatoms. The molecule has 0 saturated heterocycles. The average Bonchev–Trinajstić information content (AvgIpc) is 2.51. The van der Waals surface area contributed by atoms with Gasteiger partial charge in [0.2, 0.25) is 5.91 Å². The van der Waals surface area contributed by atoms with Crippen molar-refractivity contribution >= 4 is 5.91 Å². The lowest BCUT2D eigenvalue weighted by Gasteiger charge is -2.25. The molecule has 5 nitrogen and oxygen atoms in total. The largest absolute Gasteiger partial charge is 0.479 e. The topological polar surface area (TPSA) is 82.3 Å². The number of carbonyl (C=O) groups is 1. The summed E-state index contributed by atoms with van der Waals surface area (Å²) in [5.74, 6) is 0.942. The van der Waals surface area contributed by atoms with Crippen LogP contribution in [0.2, 0.25) is 0 Å². The lowest BCUT2D eigenvalue weighted by molar-refractivity contribution is -0.120. The van der Waals surface area contributed by atoms with E-state index in [9.17, 15) is 9.90 Å². The number of nitrogens with zero attached hydrogens (tertiary/aromatic N) is 1. The number of carbonyl (C=O) groups excluding carboxylic acids is 1. The molecule has 2 rings (SSSR count). The van der Waals surface area contributed by atoms with Gasteiger partial charge in [-0.15, -0.1) is 0 Å². The molecule has 2 atom stereocenters. The number of hydrogen-bond donors (Lipinski definition) is 2. The Morgan fingerprint density at radius 2 is 2.32 bits per heavy atom. The van der Waals surface area contributed by atoms with Crippen molar-refractivity contribution in [1.82, 2.24) is 5.32 Å². The first-order chi connectivity index (χ1) is 10.7. The van der Waals surface area contributed by atoms with Gasteiger partial charge in [0.15, 0.2) is 6.61 Å². The summed E-state index contributed by atoms with van der Waals surface area (Å²) in [7, 11) is 0. The Kier molecular flexibility index (Phi) is 6.23. The van der Waals surface area contributed by atoms with Gasteiger partial charge in [-0.05, 0) is 42.9 Å². The van der Waals surface area contributed by atoms with Crippen molar-refractivity contribution in [2.45, 2.75) is 38.2 Å². The summed E-state index contributed by atoms with van der Waals surface area (Å²) in [4.78, 5) is 12.0. The van der Waals surface area contributed by atoms with E-state index in [1.54, 1.807) is 12.1 Å². The first kappa shape index (κ1) is 16.3. The molecule has 22 heavy (non-hydrogen) atoms. The van der Waals surface area contributed by atoms with E-state index in [0.717, 1.165) is 31.2 Å². The van der Waals surface area contributed by atoms with Crippen LogP contribution in [0.3, 0.4) is 0 Å². The van der Waals surface area contributed by atoms with E-state index in [2.05, 4.69) is 5.32 Å². The van der Waals surface area contributed by atoms with Crippen LogP contribution in [-0.4, -0.2) is 30.3 Å². The van der Waals surface area contributed by atoms with E-state index < -0.39 is 0 Å². The van der Waals surface area contributed by atoms with Gasteiger partial charge in [-0.1, -0.05) is 18.6 Å². The van der Waals surface area contributed by atoms with Crippen molar-refractivity contribution in [2.24, 2.45) is 5.92 Å². The van der Waals surface area contributed by atoms with E-state index in [4.69, 9.17) is 10.00 Å². The highest BCUT2D eigenvalue weighted by Crippen LogP contribution is 2.23. The highest BCUT2D eigenvalue weighted by molar-refractivity contribution is 5.78. The molecule has 0 aliphatic heterocycles. The van der Waals surface area contributed by atoms with E-state index in [1.807, 2.05) is 18.2 Å². The van der Waals surface area contributed by atoms with Crippen molar-refractivity contribution in [3.8, 4) is 11.8 Å². The number of ether oxygens (including phenoxy) is 1. The van der Waals surface area contributed by atoms with Crippen LogP contribution in [0.1, 0.15) is 31.2 Å². The lowest BCUT2D eigenvalue weighted by Crippen LogP contribution is -2.33. The SMILES string of the molecule is N#CCOc1cccc(CC(=O)NCC2CCCC(O)C2)c1. The molecule has 1 aromatic carbocycles. The molecule has 0 radical (unpaired) electrons. The van der Waals surface area contributed by atoms with E-state index in [1.165, 1.54) is 0 Å². The van der Waals surface area contributed by atoms with Crippen LogP contribution in [-0.2, 0) is 11.2 Å². The van der Waals surface area contributed by atoms with Crippen LogP contribution >= 0.6 is 0 Å². The molecule has 2 unspecified atom stereocenters. The number of aliphatic hydroxyl groups excluding tert-OH is 1. The third kappa shape index (κ3) is 5.38. The van der Waals surface area contributed by atoms with Crippen LogP contribution in [0.4, 0.5) is 0 Å². The van der Waals surface area contributed by atoms with E-state index in [0.29, 0.717) is 24.6 Å². The molecule has 1 aliphatic carbocycles. The molecule has 1 aromatic rings. The second-order valence-corrected chi connectivity index (χ2v) is 5.76. The van der Waals surface area contributed by atoms with Gasteiger partial charge in [-0.2, -0.15) is 5.26 Å². The zero-order valence-electron chi connectivity index (χ0n) is 12.6. The van der Waals surface area contributed by atoms with Gasteiger partial charge in [-0.3, -0.25) is 4.79 Å². The van der Waals surface area contributed by atoms with Crippen LogP contribution < -0.4 is 10.1 Å². The first-order valence-electron chi connectivity index (χ1n) is 7.71. The van der Waals surface area contributed by atoms with Gasteiger partial charge in [-0.25, -0.2) is 0 Å². The summed E-state index contributed by atoms with van der Waals surface area (Å²) in [6.07, 6.45) is 3.82. The molecular formula is C17H22N2O3. The van der Waals surface area contributed by atoms with E-state index in [-0.39, 0.29) is 18.6 Å². The molecule has 2 N–H and O–H groups in total. The second kappa shape index (κ2) is 8.40. The van der Waals surface area contributed by atoms with E-state index >= 15 is 0 Å². The molecule has 1 aliphatic rings. The van der Waals surface area contributed by atoms with Gasteiger partial charge in [0, 0.05) is 6.54 Å². The number of hydrogen-bond acceptors (Lipinski definition) is 4. The summed E-state index contributed by atoms with van der Waals surface area (Å²) in [5.41, 5.74) is 0.858. The fourth-order valence-corrected chi connectivity index (χ4v) is 2.81. The fraction of sp³-hybridized carbons (Fsp3) is 0.529. The Morgan fingerprint density at radius 3 is 3.09 bits per heavy atom. The minimum atomic E-state index is -0.218. The predicted molar refractivity (Wildman–Crippen MR) is 82.2 cm³/mol. The second-order valence-electron chi connectivity index (χ2n) is 5.76. The highest BCUT2D eigenvalue weighted by Gasteiger charge is 2.20. The quantitative estimate of drug-likeness (QED) is 0.839. The first-order valence-corrected chi connectivity index (χ1v) is 7.71. The minimum absolute atomic E-state index is 0.000341. The van der Waals surface area contributed by atoms with Gasteiger partial charge in [0.1, 0.15) is 11.8 Å². The molecule has 118 valence electrons. The minimum Gasteiger partial charge on any atom is -0.479 e. The molecule has 0 bridgehead atoms. The maximum Gasteiger partial charge on any atom is 0.224 e. The standard InChI is InChI=1S/C17H22N2O3/c18-7-8-22-16-6-2-3-13(10-16)11-17(21)19-12-14-4-1-5-15(20)9-14/h2-3,6,10,14-15,20H,1,4-5,8-9,11-12H2,(H,19,21). The number of rotatable bonds is 6. The van der Waals surface area contributed by atoms with Crippen molar-refractivity contribution < 1.29 is 14.6 Å². The molecule has 1 amide bonds. The Morgan fingerprint density at radius 1 is 1.45 bits per heavy atom. The summed E-state index contributed by atoms with van der Waals surface area (Å²) >= 11 is 0. The smallest absolute Gasteiger partial charge is 0.224 e. The fourth-order valence-electron chi connectivity index (χ4n) is 2.81. The Hall–Kier alpha value is -2.06. The molecule has 1 saturated carbocycles.